The van der Waals surface area contributed by atoms with E-state index in [1.165, 1.54) is 0 Å². The summed E-state index contributed by atoms with van der Waals surface area (Å²) in [4.78, 5) is 0. The zero-order valence-corrected chi connectivity index (χ0v) is 7.97. The van der Waals surface area contributed by atoms with Crippen molar-refractivity contribution in [2.24, 2.45) is 0 Å². The van der Waals surface area contributed by atoms with Crippen LogP contribution < -0.4 is 5.32 Å². The molecule has 3 heteroatoms. The summed E-state index contributed by atoms with van der Waals surface area (Å²) in [6.07, 6.45) is 2.02. The average molecular weight is 173 g/mol. The molecule has 3 nitrogen and oxygen atoms in total. The Balaban J connectivity index is 2.13. The molecule has 0 bridgehead atoms. The first-order valence-corrected chi connectivity index (χ1v) is 4.65. The number of hydrogen-bond acceptors (Lipinski definition) is 3. The van der Waals surface area contributed by atoms with E-state index in [2.05, 4.69) is 12.2 Å². The molecule has 1 fully saturated rings. The maximum absolute atomic E-state index is 9.01. The highest BCUT2D eigenvalue weighted by Gasteiger charge is 2.28. The third kappa shape index (κ3) is 3.09. The lowest BCUT2D eigenvalue weighted by atomic mass is 10.0. The predicted molar refractivity (Wildman–Crippen MR) is 48.1 cm³/mol. The molecule has 1 unspecified atom stereocenters. The van der Waals surface area contributed by atoms with Crippen molar-refractivity contribution in [1.82, 2.24) is 5.32 Å². The van der Waals surface area contributed by atoms with Crippen molar-refractivity contribution in [3.63, 3.8) is 0 Å². The molecule has 1 heterocycles. The van der Waals surface area contributed by atoms with Crippen LogP contribution in [-0.4, -0.2) is 36.5 Å². The van der Waals surface area contributed by atoms with Crippen LogP contribution in [0.5, 0.6) is 0 Å². The summed E-state index contributed by atoms with van der Waals surface area (Å²) in [6, 6.07) is 0. The van der Waals surface area contributed by atoms with Crippen molar-refractivity contribution in [3.8, 4) is 0 Å². The Kier molecular flexibility index (Phi) is 3.50. The second kappa shape index (κ2) is 4.21. The van der Waals surface area contributed by atoms with Crippen LogP contribution in [0.4, 0.5) is 0 Å². The molecule has 1 saturated heterocycles. The Morgan fingerprint density at radius 2 is 2.42 bits per heavy atom. The normalized spacial score (nSPS) is 32.2. The van der Waals surface area contributed by atoms with Crippen molar-refractivity contribution in [3.05, 3.63) is 0 Å². The largest absolute Gasteiger partial charge is 0.392 e. The molecule has 12 heavy (non-hydrogen) atoms. The third-order valence-electron chi connectivity index (χ3n) is 2.24. The smallest absolute Gasteiger partial charge is 0.0779 e. The number of hydrogen-bond donors (Lipinski definition) is 2. The van der Waals surface area contributed by atoms with Gasteiger partial charge in [-0.05, 0) is 26.7 Å². The number of nitrogens with one attached hydrogen (secondary N) is 1. The van der Waals surface area contributed by atoms with Gasteiger partial charge in [-0.1, -0.05) is 0 Å². The molecule has 0 amide bonds. The first-order valence-electron chi connectivity index (χ1n) is 4.65. The van der Waals surface area contributed by atoms with Gasteiger partial charge in [0, 0.05) is 19.7 Å². The van der Waals surface area contributed by atoms with E-state index >= 15 is 0 Å². The molecule has 0 aromatic rings. The lowest BCUT2D eigenvalue weighted by molar-refractivity contribution is 0.0190. The maximum Gasteiger partial charge on any atom is 0.0779 e. The van der Waals surface area contributed by atoms with Crippen LogP contribution in [-0.2, 0) is 4.74 Å². The average Bonchev–Trinajstić information content (AvgIpc) is 2.35. The number of rotatable bonds is 4. The number of aliphatic hydroxyl groups is 1. The zero-order chi connectivity index (χ0) is 9.03. The molecule has 2 N–H and O–H groups in total. The highest BCUT2D eigenvalue weighted by atomic mass is 16.5. The van der Waals surface area contributed by atoms with Gasteiger partial charge in [0.2, 0.25) is 0 Å². The molecule has 1 aliphatic rings. The Labute approximate surface area is 74.1 Å². The van der Waals surface area contributed by atoms with Gasteiger partial charge >= 0.3 is 0 Å². The first-order chi connectivity index (χ1) is 5.62. The maximum atomic E-state index is 9.01. The van der Waals surface area contributed by atoms with Crippen molar-refractivity contribution in [1.29, 1.82) is 0 Å². The molecule has 1 rings (SSSR count). The molecular weight excluding hydrogens is 154 g/mol. The lowest BCUT2D eigenvalue weighted by Crippen LogP contribution is -2.39. The van der Waals surface area contributed by atoms with Gasteiger partial charge in [-0.15, -0.1) is 0 Å². The monoisotopic (exact) mass is 173 g/mol. The molecule has 0 aromatic heterocycles. The Morgan fingerprint density at radius 3 is 2.92 bits per heavy atom. The second-order valence-corrected chi connectivity index (χ2v) is 3.88. The first kappa shape index (κ1) is 9.96. The van der Waals surface area contributed by atoms with E-state index in [9.17, 15) is 0 Å². The third-order valence-corrected chi connectivity index (χ3v) is 2.24. The van der Waals surface area contributed by atoms with Crippen LogP contribution in [0.3, 0.4) is 0 Å². The van der Waals surface area contributed by atoms with Crippen LogP contribution >= 0.6 is 0 Å². The summed E-state index contributed by atoms with van der Waals surface area (Å²) in [6.45, 7) is 6.28. The quantitative estimate of drug-likeness (QED) is 0.651. The molecule has 0 radical (unpaired) electrons. The fraction of sp³-hybridized carbons (Fsp3) is 1.00. The van der Waals surface area contributed by atoms with Crippen LogP contribution in [0, 0.1) is 0 Å². The molecule has 72 valence electrons. The predicted octanol–water partition coefficient (Wildman–Crippen LogP) is 0.526. The minimum absolute atomic E-state index is 0.00882. The van der Waals surface area contributed by atoms with E-state index < -0.39 is 0 Å². The molecule has 0 aliphatic carbocycles. The highest BCUT2D eigenvalue weighted by Crippen LogP contribution is 2.23. The summed E-state index contributed by atoms with van der Waals surface area (Å²) in [5.74, 6) is 0. The summed E-state index contributed by atoms with van der Waals surface area (Å²) in [7, 11) is 0. The lowest BCUT2D eigenvalue weighted by Gasteiger charge is -2.23. The van der Waals surface area contributed by atoms with E-state index in [-0.39, 0.29) is 11.7 Å². The van der Waals surface area contributed by atoms with Crippen LogP contribution in [0.1, 0.15) is 26.7 Å². The molecule has 2 atom stereocenters. The van der Waals surface area contributed by atoms with Crippen LogP contribution in [0.2, 0.25) is 0 Å². The van der Waals surface area contributed by atoms with E-state index in [0.717, 1.165) is 26.0 Å². The topological polar surface area (TPSA) is 41.5 Å². The van der Waals surface area contributed by atoms with Crippen LogP contribution in [0.25, 0.3) is 0 Å². The summed E-state index contributed by atoms with van der Waals surface area (Å²) in [5, 5.41) is 12.2. The van der Waals surface area contributed by atoms with E-state index in [0.29, 0.717) is 6.54 Å². The minimum Gasteiger partial charge on any atom is -0.392 e. The molecule has 0 saturated carbocycles. The summed E-state index contributed by atoms with van der Waals surface area (Å²) >= 11 is 0. The molecule has 0 aromatic carbocycles. The number of ether oxygens (including phenoxy) is 1. The van der Waals surface area contributed by atoms with Gasteiger partial charge in [0.05, 0.1) is 11.7 Å². The highest BCUT2D eigenvalue weighted by molar-refractivity contribution is 4.82. The number of aliphatic hydroxyl groups excluding tert-OH is 1. The molecule has 1 aliphatic heterocycles. The fourth-order valence-electron chi connectivity index (χ4n) is 1.52. The second-order valence-electron chi connectivity index (χ2n) is 3.88. The van der Waals surface area contributed by atoms with E-state index in [4.69, 9.17) is 9.84 Å². The van der Waals surface area contributed by atoms with E-state index in [1.54, 1.807) is 6.92 Å². The van der Waals surface area contributed by atoms with Gasteiger partial charge in [-0.3, -0.25) is 0 Å². The van der Waals surface area contributed by atoms with Crippen LogP contribution in [0.15, 0.2) is 0 Å². The van der Waals surface area contributed by atoms with Gasteiger partial charge in [0.1, 0.15) is 0 Å². The van der Waals surface area contributed by atoms with Crippen molar-refractivity contribution in [2.75, 3.05) is 19.7 Å². The van der Waals surface area contributed by atoms with Crippen molar-refractivity contribution in [2.45, 2.75) is 38.4 Å². The van der Waals surface area contributed by atoms with Gasteiger partial charge in [0.25, 0.3) is 0 Å². The Morgan fingerprint density at radius 1 is 1.67 bits per heavy atom. The molecule has 0 spiro atoms. The summed E-state index contributed by atoms with van der Waals surface area (Å²) < 4.78 is 5.58. The minimum atomic E-state index is -0.269. The van der Waals surface area contributed by atoms with Crippen molar-refractivity contribution >= 4 is 0 Å². The van der Waals surface area contributed by atoms with E-state index in [1.807, 2.05) is 0 Å². The fourth-order valence-corrected chi connectivity index (χ4v) is 1.52. The standard InChI is InChI=1S/C9H19NO2/c1-8(11)6-10-7-9(2)4-3-5-12-9/h8,10-11H,3-7H2,1-2H3/t8-,9?/m0/s1. The van der Waals surface area contributed by atoms with Gasteiger partial charge in [-0.25, -0.2) is 0 Å². The Bertz CT molecular complexity index is 130. The Hall–Kier alpha value is -0.120. The SMILES string of the molecule is C[C@H](O)CNCC1(C)CCCO1. The van der Waals surface area contributed by atoms with Gasteiger partial charge in [-0.2, -0.15) is 0 Å². The van der Waals surface area contributed by atoms with Gasteiger partial charge in [0.15, 0.2) is 0 Å². The summed E-state index contributed by atoms with van der Waals surface area (Å²) in [5.41, 5.74) is 0.00882. The van der Waals surface area contributed by atoms with Gasteiger partial charge < -0.3 is 15.2 Å². The molecular formula is C9H19NO2. The zero-order valence-electron chi connectivity index (χ0n) is 7.97. The van der Waals surface area contributed by atoms with Crippen molar-refractivity contribution < 1.29 is 9.84 Å².